The normalized spacial score (nSPS) is 28.9. The van der Waals surface area contributed by atoms with Gasteiger partial charge in [-0.2, -0.15) is 5.10 Å². The molecule has 1 fully saturated rings. The second-order valence-corrected chi connectivity index (χ2v) is 5.74. The Kier molecular flexibility index (Phi) is 4.05. The SMILES string of the molecule is Cn1cc(CN[C@H]2[C@H](O)[C@H](O)C[C@@H]2c2ccccc2)cn1. The molecule has 1 aliphatic carbocycles. The number of rotatable bonds is 4. The molecule has 0 spiro atoms. The highest BCUT2D eigenvalue weighted by Gasteiger charge is 2.41. The van der Waals surface area contributed by atoms with Crippen LogP contribution in [0, 0.1) is 0 Å². The zero-order valence-corrected chi connectivity index (χ0v) is 12.1. The number of aryl methyl sites for hydroxylation is 1. The van der Waals surface area contributed by atoms with Crippen LogP contribution in [0.25, 0.3) is 0 Å². The summed E-state index contributed by atoms with van der Waals surface area (Å²) < 4.78 is 1.76. The Hall–Kier alpha value is -1.69. The fourth-order valence-electron chi connectivity index (χ4n) is 3.13. The Morgan fingerprint density at radius 1 is 1.29 bits per heavy atom. The van der Waals surface area contributed by atoms with Crippen molar-refractivity contribution in [2.75, 3.05) is 0 Å². The van der Waals surface area contributed by atoms with Crippen LogP contribution in [0.3, 0.4) is 0 Å². The zero-order chi connectivity index (χ0) is 14.8. The van der Waals surface area contributed by atoms with Gasteiger partial charge in [0.05, 0.1) is 18.4 Å². The minimum atomic E-state index is -0.744. The summed E-state index contributed by atoms with van der Waals surface area (Å²) in [5, 5.41) is 27.7. The number of nitrogens with zero attached hydrogens (tertiary/aromatic N) is 2. The Morgan fingerprint density at radius 3 is 2.71 bits per heavy atom. The quantitative estimate of drug-likeness (QED) is 0.777. The van der Waals surface area contributed by atoms with Crippen LogP contribution < -0.4 is 5.32 Å². The molecular weight excluding hydrogens is 266 g/mol. The fourth-order valence-corrected chi connectivity index (χ4v) is 3.13. The Bertz CT molecular complexity index is 584. The van der Waals surface area contributed by atoms with Gasteiger partial charge in [0.1, 0.15) is 0 Å². The summed E-state index contributed by atoms with van der Waals surface area (Å²) in [6, 6.07) is 9.91. The predicted octanol–water partition coefficient (Wildman–Crippen LogP) is 0.788. The highest BCUT2D eigenvalue weighted by molar-refractivity contribution is 5.25. The molecule has 1 heterocycles. The Labute approximate surface area is 124 Å². The molecule has 0 saturated heterocycles. The molecule has 0 radical (unpaired) electrons. The van der Waals surface area contributed by atoms with E-state index in [0.29, 0.717) is 13.0 Å². The van der Waals surface area contributed by atoms with Crippen molar-refractivity contribution in [1.29, 1.82) is 0 Å². The van der Waals surface area contributed by atoms with E-state index in [1.54, 1.807) is 4.68 Å². The van der Waals surface area contributed by atoms with Crippen molar-refractivity contribution in [3.63, 3.8) is 0 Å². The molecular formula is C16H21N3O2. The maximum Gasteiger partial charge on any atom is 0.0957 e. The van der Waals surface area contributed by atoms with Gasteiger partial charge in [0.25, 0.3) is 0 Å². The maximum atomic E-state index is 10.2. The number of aliphatic hydroxyl groups is 2. The molecule has 1 saturated carbocycles. The summed E-state index contributed by atoms with van der Waals surface area (Å²) in [5.74, 6) is 0.118. The molecule has 0 bridgehead atoms. The monoisotopic (exact) mass is 287 g/mol. The first-order valence-electron chi connectivity index (χ1n) is 7.27. The Morgan fingerprint density at radius 2 is 2.05 bits per heavy atom. The molecule has 5 nitrogen and oxygen atoms in total. The first-order valence-corrected chi connectivity index (χ1v) is 7.27. The van der Waals surface area contributed by atoms with E-state index in [9.17, 15) is 10.2 Å². The minimum absolute atomic E-state index is 0.118. The van der Waals surface area contributed by atoms with Gasteiger partial charge in [0.2, 0.25) is 0 Å². The molecule has 1 aromatic carbocycles. The fraction of sp³-hybridized carbons (Fsp3) is 0.438. The van der Waals surface area contributed by atoms with E-state index in [1.807, 2.05) is 49.8 Å². The summed E-state index contributed by atoms with van der Waals surface area (Å²) in [6.45, 7) is 0.631. The molecule has 0 unspecified atom stereocenters. The van der Waals surface area contributed by atoms with Gasteiger partial charge in [-0.1, -0.05) is 30.3 Å². The molecule has 21 heavy (non-hydrogen) atoms. The first kappa shape index (κ1) is 14.3. The average Bonchev–Trinajstić information content (AvgIpc) is 3.03. The summed E-state index contributed by atoms with van der Waals surface area (Å²) in [7, 11) is 1.88. The van der Waals surface area contributed by atoms with Gasteiger partial charge < -0.3 is 15.5 Å². The van der Waals surface area contributed by atoms with Crippen molar-refractivity contribution in [2.45, 2.75) is 37.1 Å². The molecule has 1 aromatic heterocycles. The molecule has 0 amide bonds. The van der Waals surface area contributed by atoms with Crippen molar-refractivity contribution in [3.05, 3.63) is 53.9 Å². The van der Waals surface area contributed by atoms with Gasteiger partial charge in [-0.25, -0.2) is 0 Å². The number of nitrogens with one attached hydrogen (secondary N) is 1. The second-order valence-electron chi connectivity index (χ2n) is 5.74. The molecule has 1 aliphatic rings. The first-order chi connectivity index (χ1) is 10.1. The highest BCUT2D eigenvalue weighted by Crippen LogP contribution is 2.35. The van der Waals surface area contributed by atoms with Crippen LogP contribution in [0.1, 0.15) is 23.5 Å². The van der Waals surface area contributed by atoms with Crippen LogP contribution in [0.2, 0.25) is 0 Å². The van der Waals surface area contributed by atoms with Crippen molar-refractivity contribution >= 4 is 0 Å². The van der Waals surface area contributed by atoms with E-state index in [0.717, 1.165) is 11.1 Å². The number of hydrogen-bond acceptors (Lipinski definition) is 4. The van der Waals surface area contributed by atoms with Crippen molar-refractivity contribution < 1.29 is 10.2 Å². The second kappa shape index (κ2) is 5.97. The number of hydrogen-bond donors (Lipinski definition) is 3. The zero-order valence-electron chi connectivity index (χ0n) is 12.1. The average molecular weight is 287 g/mol. The molecule has 3 rings (SSSR count). The Balaban J connectivity index is 1.73. The van der Waals surface area contributed by atoms with Crippen molar-refractivity contribution in [1.82, 2.24) is 15.1 Å². The van der Waals surface area contributed by atoms with Crippen LogP contribution in [-0.4, -0.2) is 38.2 Å². The third-order valence-electron chi connectivity index (χ3n) is 4.22. The maximum absolute atomic E-state index is 10.2. The minimum Gasteiger partial charge on any atom is -0.390 e. The lowest BCUT2D eigenvalue weighted by molar-refractivity contribution is 0.0297. The molecule has 0 aliphatic heterocycles. The highest BCUT2D eigenvalue weighted by atomic mass is 16.3. The third-order valence-corrected chi connectivity index (χ3v) is 4.22. The third kappa shape index (κ3) is 3.00. The summed E-state index contributed by atoms with van der Waals surface area (Å²) >= 11 is 0. The lowest BCUT2D eigenvalue weighted by Crippen LogP contribution is -2.41. The van der Waals surface area contributed by atoms with E-state index in [2.05, 4.69) is 10.4 Å². The molecule has 3 N–H and O–H groups in total. The van der Waals surface area contributed by atoms with Crippen LogP contribution in [0.4, 0.5) is 0 Å². The van der Waals surface area contributed by atoms with Crippen LogP contribution in [0.5, 0.6) is 0 Å². The van der Waals surface area contributed by atoms with E-state index in [-0.39, 0.29) is 12.0 Å². The lowest BCUT2D eigenvalue weighted by Gasteiger charge is -2.23. The summed E-state index contributed by atoms with van der Waals surface area (Å²) in [5.41, 5.74) is 2.22. The van der Waals surface area contributed by atoms with Gasteiger partial charge in [-0.3, -0.25) is 4.68 Å². The molecule has 112 valence electrons. The van der Waals surface area contributed by atoms with Gasteiger partial charge in [0, 0.05) is 37.3 Å². The number of aliphatic hydroxyl groups excluding tert-OH is 2. The van der Waals surface area contributed by atoms with Crippen LogP contribution >= 0.6 is 0 Å². The standard InChI is InChI=1S/C16H21N3O2/c1-19-10-11(9-18-19)8-17-15-13(7-14(20)16(15)21)12-5-3-2-4-6-12/h2-6,9-10,13-17,20-21H,7-8H2,1H3/t13-,14-,15-,16-/m1/s1. The lowest BCUT2D eigenvalue weighted by atomic mass is 9.93. The number of aromatic nitrogens is 2. The van der Waals surface area contributed by atoms with E-state index in [4.69, 9.17) is 0 Å². The van der Waals surface area contributed by atoms with Gasteiger partial charge in [-0.05, 0) is 12.0 Å². The smallest absolute Gasteiger partial charge is 0.0957 e. The predicted molar refractivity (Wildman–Crippen MR) is 79.6 cm³/mol. The largest absolute Gasteiger partial charge is 0.390 e. The van der Waals surface area contributed by atoms with Gasteiger partial charge in [0.15, 0.2) is 0 Å². The molecule has 2 aromatic rings. The van der Waals surface area contributed by atoms with Crippen molar-refractivity contribution in [3.8, 4) is 0 Å². The molecule has 4 atom stereocenters. The van der Waals surface area contributed by atoms with E-state index in [1.165, 1.54) is 0 Å². The van der Waals surface area contributed by atoms with E-state index >= 15 is 0 Å². The van der Waals surface area contributed by atoms with Crippen LogP contribution in [0.15, 0.2) is 42.7 Å². The van der Waals surface area contributed by atoms with E-state index < -0.39 is 12.2 Å². The van der Waals surface area contributed by atoms with Crippen LogP contribution in [-0.2, 0) is 13.6 Å². The van der Waals surface area contributed by atoms with Gasteiger partial charge in [-0.15, -0.1) is 0 Å². The van der Waals surface area contributed by atoms with Gasteiger partial charge >= 0.3 is 0 Å². The summed E-state index contributed by atoms with van der Waals surface area (Å²) in [6.07, 6.45) is 2.91. The summed E-state index contributed by atoms with van der Waals surface area (Å²) in [4.78, 5) is 0. The van der Waals surface area contributed by atoms with Crippen molar-refractivity contribution in [2.24, 2.45) is 7.05 Å². The molecule has 5 heteroatoms. The number of benzene rings is 1. The topological polar surface area (TPSA) is 70.3 Å².